The van der Waals surface area contributed by atoms with Crippen LogP contribution in [0.3, 0.4) is 0 Å². The molecule has 0 bridgehead atoms. The van der Waals surface area contributed by atoms with Gasteiger partial charge in [0.05, 0.1) is 11.8 Å². The summed E-state index contributed by atoms with van der Waals surface area (Å²) in [7, 11) is 1.67. The highest BCUT2D eigenvalue weighted by atomic mass is 32.1. The Balaban J connectivity index is 2.88. The lowest BCUT2D eigenvalue weighted by atomic mass is 10.00. The van der Waals surface area contributed by atoms with Crippen LogP contribution in [0, 0.1) is 0 Å². The Morgan fingerprint density at radius 2 is 2.33 bits per heavy atom. The van der Waals surface area contributed by atoms with Gasteiger partial charge in [0.1, 0.15) is 0 Å². The standard InChI is InChI=1S/C14H19N3O3S/c1-15-13-3-5-17(10-19)8-11(13)7-12(9-18)14(20)16-4-2-6-21/h2,6-7,9-10,18,21H,3-5,8H2,1H3,(H,16,20)/b6-2+,11-7-,12-9-,15-13?. The van der Waals surface area contributed by atoms with Crippen molar-refractivity contribution in [2.24, 2.45) is 4.99 Å². The molecule has 0 aliphatic carbocycles. The van der Waals surface area contributed by atoms with E-state index in [-0.39, 0.29) is 5.57 Å². The maximum Gasteiger partial charge on any atom is 0.254 e. The van der Waals surface area contributed by atoms with Crippen molar-refractivity contribution in [1.29, 1.82) is 0 Å². The number of nitrogens with one attached hydrogen (secondary N) is 1. The molecule has 6 nitrogen and oxygen atoms in total. The van der Waals surface area contributed by atoms with E-state index in [1.165, 1.54) is 5.41 Å². The van der Waals surface area contributed by atoms with Crippen LogP contribution in [0.5, 0.6) is 0 Å². The van der Waals surface area contributed by atoms with Gasteiger partial charge in [-0.25, -0.2) is 0 Å². The SMILES string of the molecule is CN=C1CCN(C=O)C/C1=C/C(=C/O)C(=O)NC/C=C/S. The lowest BCUT2D eigenvalue weighted by Crippen LogP contribution is -2.35. The van der Waals surface area contributed by atoms with Crippen molar-refractivity contribution >= 4 is 30.7 Å². The molecule has 1 heterocycles. The van der Waals surface area contributed by atoms with Crippen LogP contribution in [0.4, 0.5) is 0 Å². The molecule has 0 atom stereocenters. The van der Waals surface area contributed by atoms with E-state index in [1.807, 2.05) is 0 Å². The van der Waals surface area contributed by atoms with Gasteiger partial charge in [0, 0.05) is 38.8 Å². The minimum Gasteiger partial charge on any atom is -0.515 e. The minimum atomic E-state index is -0.407. The quantitative estimate of drug-likeness (QED) is 0.305. The molecule has 1 rings (SSSR count). The van der Waals surface area contributed by atoms with Gasteiger partial charge in [-0.2, -0.15) is 12.6 Å². The predicted molar refractivity (Wildman–Crippen MR) is 85.5 cm³/mol. The zero-order valence-electron chi connectivity index (χ0n) is 11.8. The van der Waals surface area contributed by atoms with E-state index in [9.17, 15) is 14.7 Å². The molecule has 1 fully saturated rings. The molecule has 0 saturated carbocycles. The van der Waals surface area contributed by atoms with Crippen LogP contribution in [0.15, 0.2) is 40.0 Å². The fraction of sp³-hybridized carbons (Fsp3) is 0.357. The van der Waals surface area contributed by atoms with E-state index < -0.39 is 5.91 Å². The summed E-state index contributed by atoms with van der Waals surface area (Å²) in [6.45, 7) is 1.29. The summed E-state index contributed by atoms with van der Waals surface area (Å²) in [5.41, 5.74) is 1.69. The smallest absolute Gasteiger partial charge is 0.254 e. The van der Waals surface area contributed by atoms with Crippen molar-refractivity contribution in [2.75, 3.05) is 26.7 Å². The average Bonchev–Trinajstić information content (AvgIpc) is 2.52. The number of thiol groups is 1. The van der Waals surface area contributed by atoms with Crippen LogP contribution in [0.25, 0.3) is 0 Å². The van der Waals surface area contributed by atoms with Crippen molar-refractivity contribution < 1.29 is 14.7 Å². The second-order valence-electron chi connectivity index (χ2n) is 4.35. The Labute approximate surface area is 129 Å². The largest absolute Gasteiger partial charge is 0.515 e. The Morgan fingerprint density at radius 1 is 1.57 bits per heavy atom. The molecular weight excluding hydrogens is 290 g/mol. The Hall–Kier alpha value is -2.02. The van der Waals surface area contributed by atoms with Gasteiger partial charge in [-0.05, 0) is 17.1 Å². The third-order valence-corrected chi connectivity index (χ3v) is 3.23. The summed E-state index contributed by atoms with van der Waals surface area (Å²) in [5.74, 6) is -0.407. The molecular formula is C14H19N3O3S. The number of aliphatic imine (C=N–C) groups is 1. The van der Waals surface area contributed by atoms with E-state index in [0.717, 1.165) is 24.0 Å². The Bertz CT molecular complexity index is 510. The lowest BCUT2D eigenvalue weighted by molar-refractivity contribution is -0.118. The van der Waals surface area contributed by atoms with Gasteiger partial charge in [0.15, 0.2) is 0 Å². The first kappa shape index (κ1) is 17.0. The number of amides is 2. The summed E-state index contributed by atoms with van der Waals surface area (Å²) in [6, 6.07) is 0. The molecule has 114 valence electrons. The number of hydrogen-bond acceptors (Lipinski definition) is 5. The average molecular weight is 309 g/mol. The van der Waals surface area contributed by atoms with Crippen molar-refractivity contribution in [2.45, 2.75) is 6.42 Å². The number of aliphatic hydroxyl groups excluding tert-OH is 1. The molecule has 1 aliphatic heterocycles. The van der Waals surface area contributed by atoms with Gasteiger partial charge < -0.3 is 15.3 Å². The summed E-state index contributed by atoms with van der Waals surface area (Å²) < 4.78 is 0. The molecule has 2 amide bonds. The van der Waals surface area contributed by atoms with Crippen LogP contribution in [0.2, 0.25) is 0 Å². The third-order valence-electron chi connectivity index (χ3n) is 3.02. The highest BCUT2D eigenvalue weighted by molar-refractivity contribution is 7.83. The molecule has 0 aromatic rings. The van der Waals surface area contributed by atoms with E-state index in [2.05, 4.69) is 22.9 Å². The molecule has 1 aliphatic rings. The molecule has 0 aromatic carbocycles. The van der Waals surface area contributed by atoms with E-state index in [0.29, 0.717) is 26.1 Å². The number of likely N-dealkylation sites (tertiary alicyclic amines) is 1. The first-order valence-electron chi connectivity index (χ1n) is 6.44. The van der Waals surface area contributed by atoms with Gasteiger partial charge in [0.25, 0.3) is 5.91 Å². The van der Waals surface area contributed by atoms with Crippen LogP contribution in [0.1, 0.15) is 6.42 Å². The highest BCUT2D eigenvalue weighted by Gasteiger charge is 2.19. The number of aliphatic hydroxyl groups is 1. The number of rotatable bonds is 5. The lowest BCUT2D eigenvalue weighted by Gasteiger charge is -2.26. The molecule has 0 spiro atoms. The van der Waals surface area contributed by atoms with Crippen LogP contribution >= 0.6 is 12.6 Å². The van der Waals surface area contributed by atoms with Gasteiger partial charge in [-0.3, -0.25) is 14.6 Å². The van der Waals surface area contributed by atoms with Crippen molar-refractivity contribution in [3.8, 4) is 0 Å². The Kier molecular flexibility index (Phi) is 7.31. The van der Waals surface area contributed by atoms with Gasteiger partial charge in [-0.15, -0.1) is 0 Å². The van der Waals surface area contributed by atoms with E-state index >= 15 is 0 Å². The summed E-state index contributed by atoms with van der Waals surface area (Å²) in [6.07, 6.45) is 5.36. The minimum absolute atomic E-state index is 0.117. The summed E-state index contributed by atoms with van der Waals surface area (Å²) in [5, 5.41) is 13.4. The number of nitrogens with zero attached hydrogens (tertiary/aromatic N) is 2. The Morgan fingerprint density at radius 3 is 2.90 bits per heavy atom. The molecule has 21 heavy (non-hydrogen) atoms. The topological polar surface area (TPSA) is 82.0 Å². The van der Waals surface area contributed by atoms with Crippen LogP contribution in [-0.4, -0.2) is 54.7 Å². The number of hydrogen-bond donors (Lipinski definition) is 3. The summed E-state index contributed by atoms with van der Waals surface area (Å²) >= 11 is 3.89. The van der Waals surface area contributed by atoms with Gasteiger partial charge in [0.2, 0.25) is 6.41 Å². The van der Waals surface area contributed by atoms with E-state index in [1.54, 1.807) is 24.1 Å². The molecule has 2 N–H and O–H groups in total. The molecule has 0 radical (unpaired) electrons. The number of carbonyl (C=O) groups excluding carboxylic acids is 2. The fourth-order valence-electron chi connectivity index (χ4n) is 1.93. The molecule has 0 unspecified atom stereocenters. The van der Waals surface area contributed by atoms with Gasteiger partial charge in [-0.1, -0.05) is 6.08 Å². The van der Waals surface area contributed by atoms with Gasteiger partial charge >= 0.3 is 0 Å². The second kappa shape index (κ2) is 9.02. The molecule has 1 saturated heterocycles. The summed E-state index contributed by atoms with van der Waals surface area (Å²) in [4.78, 5) is 28.5. The second-order valence-corrected chi connectivity index (χ2v) is 4.64. The zero-order chi connectivity index (χ0) is 15.7. The van der Waals surface area contributed by atoms with Crippen molar-refractivity contribution in [1.82, 2.24) is 10.2 Å². The van der Waals surface area contributed by atoms with Crippen LogP contribution in [-0.2, 0) is 9.59 Å². The van der Waals surface area contributed by atoms with E-state index in [4.69, 9.17) is 0 Å². The highest BCUT2D eigenvalue weighted by Crippen LogP contribution is 2.14. The molecule has 0 aromatic heterocycles. The zero-order valence-corrected chi connectivity index (χ0v) is 12.7. The maximum atomic E-state index is 11.9. The normalized spacial score (nSPS) is 20.3. The fourth-order valence-corrected chi connectivity index (χ4v) is 2.03. The van der Waals surface area contributed by atoms with Crippen LogP contribution < -0.4 is 5.32 Å². The third kappa shape index (κ3) is 5.11. The van der Waals surface area contributed by atoms with Crippen molar-refractivity contribution in [3.05, 3.63) is 35.0 Å². The first-order valence-corrected chi connectivity index (χ1v) is 6.95. The molecule has 7 heteroatoms. The monoisotopic (exact) mass is 309 g/mol. The van der Waals surface area contributed by atoms with Crippen molar-refractivity contribution in [3.63, 3.8) is 0 Å². The first-order chi connectivity index (χ1) is 10.2. The maximum absolute atomic E-state index is 11.9. The number of carbonyl (C=O) groups is 2. The predicted octanol–water partition coefficient (Wildman–Crippen LogP) is 0.847. The number of piperidine rings is 1.